The minimum atomic E-state index is -1.38. The Morgan fingerprint density at radius 1 is 1.39 bits per heavy atom. The maximum absolute atomic E-state index is 13.5. The minimum absolute atomic E-state index is 0.0617. The van der Waals surface area contributed by atoms with Crippen LogP contribution in [0.3, 0.4) is 0 Å². The van der Waals surface area contributed by atoms with Gasteiger partial charge in [-0.25, -0.2) is 8.78 Å². The Bertz CT molecular complexity index is 675. The molecule has 0 aromatic heterocycles. The summed E-state index contributed by atoms with van der Waals surface area (Å²) >= 11 is 11.4. The minimum Gasteiger partial charge on any atom is -0.465 e. The number of esters is 1. The van der Waals surface area contributed by atoms with E-state index in [0.29, 0.717) is 6.07 Å². The number of nitrogens with zero attached hydrogens (tertiary/aromatic N) is 1. The summed E-state index contributed by atoms with van der Waals surface area (Å²) in [4.78, 5) is 28.6. The number of aliphatic imine (C=N–C) groups is 1. The molecule has 1 aliphatic rings. The molecule has 2 rings (SSSR count). The molecule has 1 atom stereocenters. The van der Waals surface area contributed by atoms with E-state index in [1.807, 2.05) is 0 Å². The molecule has 1 unspecified atom stereocenters. The molecule has 1 aromatic rings. The summed E-state index contributed by atoms with van der Waals surface area (Å²) in [5.74, 6) is -5.75. The predicted molar refractivity (Wildman–Crippen MR) is 82.3 cm³/mol. The van der Waals surface area contributed by atoms with Crippen LogP contribution < -0.4 is 0 Å². The van der Waals surface area contributed by atoms with Crippen LogP contribution >= 0.6 is 23.2 Å². The molecule has 124 valence electrons. The highest BCUT2D eigenvalue weighted by Crippen LogP contribution is 2.32. The highest BCUT2D eigenvalue weighted by molar-refractivity contribution is 6.44. The first-order chi connectivity index (χ1) is 10.9. The Kier molecular flexibility index (Phi) is 5.70. The third-order valence-electron chi connectivity index (χ3n) is 3.18. The number of ether oxygens (including phenoxy) is 1. The summed E-state index contributed by atoms with van der Waals surface area (Å²) in [6.07, 6.45) is 2.92. The van der Waals surface area contributed by atoms with Gasteiger partial charge in [0.25, 0.3) is 0 Å². The first-order valence-electron chi connectivity index (χ1n) is 6.94. The molecule has 0 amide bonds. The maximum Gasteiger partial charge on any atom is 0.322 e. The van der Waals surface area contributed by atoms with E-state index in [0.717, 1.165) is 12.8 Å². The van der Waals surface area contributed by atoms with E-state index < -0.39 is 44.9 Å². The van der Waals surface area contributed by atoms with Gasteiger partial charge >= 0.3 is 5.97 Å². The molecule has 1 saturated carbocycles. The van der Waals surface area contributed by atoms with Crippen molar-refractivity contribution in [3.8, 4) is 0 Å². The number of hydrogen-bond acceptors (Lipinski definition) is 4. The SMILES string of the molecule is CCOC(=O)C(C=NC1CC1)C(=O)c1cc(F)c(F)c(Cl)c1Cl. The van der Waals surface area contributed by atoms with Crippen LogP contribution in [-0.4, -0.2) is 30.6 Å². The van der Waals surface area contributed by atoms with Crippen LogP contribution in [0.25, 0.3) is 0 Å². The van der Waals surface area contributed by atoms with E-state index in [1.165, 1.54) is 6.21 Å². The van der Waals surface area contributed by atoms with E-state index >= 15 is 0 Å². The Hall–Kier alpha value is -1.53. The monoisotopic (exact) mass is 363 g/mol. The lowest BCUT2D eigenvalue weighted by Gasteiger charge is -2.12. The molecule has 1 aliphatic carbocycles. The molecule has 1 aromatic carbocycles. The van der Waals surface area contributed by atoms with Crippen LogP contribution in [0.1, 0.15) is 30.1 Å². The molecule has 0 spiro atoms. The van der Waals surface area contributed by atoms with Crippen molar-refractivity contribution < 1.29 is 23.1 Å². The second-order valence-electron chi connectivity index (χ2n) is 4.97. The molecule has 4 nitrogen and oxygen atoms in total. The Labute approximate surface area is 141 Å². The molecular formula is C15H13Cl2F2NO3. The standard InChI is InChI=1S/C15H13Cl2F2NO3/c1-2-23-15(22)9(6-20-7-3-4-7)14(21)8-5-10(18)13(19)12(17)11(8)16/h5-7,9H,2-4H2,1H3. The zero-order valence-electron chi connectivity index (χ0n) is 12.1. The summed E-state index contributed by atoms with van der Waals surface area (Å²) < 4.78 is 31.7. The van der Waals surface area contributed by atoms with Crippen molar-refractivity contribution in [1.29, 1.82) is 0 Å². The molecule has 0 aliphatic heterocycles. The van der Waals surface area contributed by atoms with E-state index in [4.69, 9.17) is 27.9 Å². The fourth-order valence-corrected chi connectivity index (χ4v) is 2.24. The van der Waals surface area contributed by atoms with Gasteiger partial charge in [0.2, 0.25) is 0 Å². The second kappa shape index (κ2) is 7.36. The molecule has 0 radical (unpaired) electrons. The molecule has 0 heterocycles. The van der Waals surface area contributed by atoms with Gasteiger partial charge in [-0.3, -0.25) is 14.6 Å². The number of carbonyl (C=O) groups is 2. The van der Waals surface area contributed by atoms with Crippen molar-refractivity contribution >= 4 is 41.2 Å². The number of ketones is 1. The highest BCUT2D eigenvalue weighted by Gasteiger charge is 2.32. The van der Waals surface area contributed by atoms with Crippen LogP contribution in [0.5, 0.6) is 0 Å². The zero-order valence-corrected chi connectivity index (χ0v) is 13.6. The molecule has 0 saturated heterocycles. The third-order valence-corrected chi connectivity index (χ3v) is 4.03. The lowest BCUT2D eigenvalue weighted by Crippen LogP contribution is -2.28. The molecule has 0 bridgehead atoms. The first-order valence-corrected chi connectivity index (χ1v) is 7.69. The van der Waals surface area contributed by atoms with Crippen LogP contribution in [0, 0.1) is 17.6 Å². The summed E-state index contributed by atoms with van der Waals surface area (Å²) in [5, 5.41) is -1.17. The van der Waals surface area contributed by atoms with Crippen molar-refractivity contribution in [2.24, 2.45) is 10.9 Å². The van der Waals surface area contributed by atoms with E-state index in [2.05, 4.69) is 4.99 Å². The van der Waals surface area contributed by atoms with Crippen molar-refractivity contribution in [3.05, 3.63) is 33.3 Å². The van der Waals surface area contributed by atoms with E-state index in [-0.39, 0.29) is 12.6 Å². The van der Waals surface area contributed by atoms with Crippen LogP contribution in [0.4, 0.5) is 8.78 Å². The predicted octanol–water partition coefficient (Wildman–Crippen LogP) is 3.87. The van der Waals surface area contributed by atoms with E-state index in [1.54, 1.807) is 6.92 Å². The zero-order chi connectivity index (χ0) is 17.1. The number of rotatable bonds is 6. The normalized spacial score (nSPS) is 15.7. The van der Waals surface area contributed by atoms with Crippen molar-refractivity contribution in [3.63, 3.8) is 0 Å². The number of hydrogen-bond donors (Lipinski definition) is 0. The first kappa shape index (κ1) is 17.8. The third kappa shape index (κ3) is 4.06. The lowest BCUT2D eigenvalue weighted by molar-refractivity contribution is -0.143. The van der Waals surface area contributed by atoms with Gasteiger partial charge in [-0.05, 0) is 25.8 Å². The van der Waals surface area contributed by atoms with Gasteiger partial charge in [0, 0.05) is 17.8 Å². The molecule has 0 N–H and O–H groups in total. The summed E-state index contributed by atoms with van der Waals surface area (Å²) in [5.41, 5.74) is -0.393. The smallest absolute Gasteiger partial charge is 0.322 e. The topological polar surface area (TPSA) is 55.7 Å². The van der Waals surface area contributed by atoms with E-state index in [9.17, 15) is 18.4 Å². The van der Waals surface area contributed by atoms with Gasteiger partial charge in [0.1, 0.15) is 0 Å². The number of benzene rings is 1. The Morgan fingerprint density at radius 2 is 2.04 bits per heavy atom. The van der Waals surface area contributed by atoms with Crippen LogP contribution in [0.2, 0.25) is 10.0 Å². The Balaban J connectivity index is 2.38. The van der Waals surface area contributed by atoms with Gasteiger partial charge in [0.05, 0.1) is 16.7 Å². The summed E-state index contributed by atoms with van der Waals surface area (Å²) in [6.45, 7) is 1.64. The number of halogens is 4. The average Bonchev–Trinajstić information content (AvgIpc) is 3.33. The highest BCUT2D eigenvalue weighted by atomic mass is 35.5. The van der Waals surface area contributed by atoms with Crippen molar-refractivity contribution in [1.82, 2.24) is 0 Å². The van der Waals surface area contributed by atoms with Gasteiger partial charge in [-0.2, -0.15) is 0 Å². The molecule has 23 heavy (non-hydrogen) atoms. The average molecular weight is 364 g/mol. The maximum atomic E-state index is 13.5. The van der Waals surface area contributed by atoms with Crippen LogP contribution in [-0.2, 0) is 9.53 Å². The fourth-order valence-electron chi connectivity index (χ4n) is 1.82. The number of Topliss-reactive ketones (excluding diaryl/α,β-unsaturated/α-hetero) is 1. The number of carbonyl (C=O) groups excluding carboxylic acids is 2. The lowest BCUT2D eigenvalue weighted by atomic mass is 9.98. The van der Waals surface area contributed by atoms with Crippen molar-refractivity contribution in [2.45, 2.75) is 25.8 Å². The van der Waals surface area contributed by atoms with Gasteiger partial charge in [-0.15, -0.1) is 0 Å². The Morgan fingerprint density at radius 3 is 2.61 bits per heavy atom. The quantitative estimate of drug-likeness (QED) is 0.192. The van der Waals surface area contributed by atoms with Gasteiger partial charge < -0.3 is 4.74 Å². The van der Waals surface area contributed by atoms with Crippen molar-refractivity contribution in [2.75, 3.05) is 6.61 Å². The van der Waals surface area contributed by atoms with Gasteiger partial charge in [0.15, 0.2) is 23.3 Å². The summed E-state index contributed by atoms with van der Waals surface area (Å²) in [7, 11) is 0. The largest absolute Gasteiger partial charge is 0.465 e. The molecule has 8 heteroatoms. The molecule has 1 fully saturated rings. The fraction of sp³-hybridized carbons (Fsp3) is 0.400. The van der Waals surface area contributed by atoms with Crippen LogP contribution in [0.15, 0.2) is 11.1 Å². The molecular weight excluding hydrogens is 351 g/mol. The second-order valence-corrected chi connectivity index (χ2v) is 5.73. The summed E-state index contributed by atoms with van der Waals surface area (Å²) in [6, 6.07) is 0.687. The van der Waals surface area contributed by atoms with Gasteiger partial charge in [-0.1, -0.05) is 23.2 Å².